The van der Waals surface area contributed by atoms with Crippen LogP contribution in [0.1, 0.15) is 63.1 Å². The standard InChI is InChI=1S/C31H36N2O3S/c1-3-36-30(34)22-24-11-10-16-29(21-24)37-28-19-17-26(18-20-28)32-31(35)33(27-14-8-5-9-15-27)23(2)25-12-6-4-7-13-25/h4,6-7,10-13,16-21,23,27H,3,5,8-9,14-15,22H2,1-2H3,(H,32,35). The molecule has 1 N–H and O–H groups in total. The molecular weight excluding hydrogens is 480 g/mol. The highest BCUT2D eigenvalue weighted by molar-refractivity contribution is 7.99. The van der Waals surface area contributed by atoms with E-state index in [2.05, 4.69) is 24.4 Å². The van der Waals surface area contributed by atoms with Crippen molar-refractivity contribution in [1.29, 1.82) is 0 Å². The van der Waals surface area contributed by atoms with Crippen LogP contribution in [0.4, 0.5) is 10.5 Å². The molecular formula is C31H36N2O3S. The molecule has 3 aromatic carbocycles. The first-order valence-electron chi connectivity index (χ1n) is 13.2. The van der Waals surface area contributed by atoms with Crippen LogP contribution in [0.15, 0.2) is 88.7 Å². The fourth-order valence-electron chi connectivity index (χ4n) is 4.94. The number of nitrogens with one attached hydrogen (secondary N) is 1. The molecule has 3 aromatic rings. The third kappa shape index (κ3) is 7.62. The van der Waals surface area contributed by atoms with Crippen LogP contribution in [0.25, 0.3) is 0 Å². The Labute approximate surface area is 224 Å². The maximum atomic E-state index is 13.5. The first-order valence-corrected chi connectivity index (χ1v) is 14.0. The van der Waals surface area contributed by atoms with Gasteiger partial charge in [-0.05, 0) is 74.2 Å². The third-order valence-corrected chi connectivity index (χ3v) is 7.79. The number of nitrogens with zero attached hydrogens (tertiary/aromatic N) is 1. The fraction of sp³-hybridized carbons (Fsp3) is 0.355. The van der Waals surface area contributed by atoms with Crippen molar-refractivity contribution in [2.75, 3.05) is 11.9 Å². The molecule has 6 heteroatoms. The zero-order valence-corrected chi connectivity index (χ0v) is 22.5. The number of esters is 1. The van der Waals surface area contributed by atoms with Crippen LogP contribution in [0, 0.1) is 0 Å². The van der Waals surface area contributed by atoms with Crippen LogP contribution >= 0.6 is 11.8 Å². The number of benzene rings is 3. The Balaban J connectivity index is 1.42. The minimum Gasteiger partial charge on any atom is -0.466 e. The van der Waals surface area contributed by atoms with Gasteiger partial charge in [0.25, 0.3) is 0 Å². The van der Waals surface area contributed by atoms with Crippen LogP contribution in [0.2, 0.25) is 0 Å². The molecule has 0 bridgehead atoms. The molecule has 1 fully saturated rings. The van der Waals surface area contributed by atoms with Gasteiger partial charge in [-0.1, -0.05) is 73.5 Å². The van der Waals surface area contributed by atoms with Crippen LogP contribution in [-0.2, 0) is 16.0 Å². The summed E-state index contributed by atoms with van der Waals surface area (Å²) >= 11 is 1.63. The fourth-order valence-corrected chi connectivity index (χ4v) is 5.84. The quantitative estimate of drug-likeness (QED) is 0.294. The number of urea groups is 1. The summed E-state index contributed by atoms with van der Waals surface area (Å²) < 4.78 is 5.06. The first kappa shape index (κ1) is 26.8. The van der Waals surface area contributed by atoms with Gasteiger partial charge < -0.3 is 15.0 Å². The molecule has 2 amide bonds. The van der Waals surface area contributed by atoms with E-state index in [1.807, 2.05) is 78.6 Å². The molecule has 1 unspecified atom stereocenters. The number of anilines is 1. The van der Waals surface area contributed by atoms with Crippen LogP contribution < -0.4 is 5.32 Å². The van der Waals surface area contributed by atoms with E-state index in [0.717, 1.165) is 39.4 Å². The van der Waals surface area contributed by atoms with Crippen molar-refractivity contribution in [3.63, 3.8) is 0 Å². The average molecular weight is 517 g/mol. The minimum absolute atomic E-state index is 0.000938. The number of hydrogen-bond donors (Lipinski definition) is 1. The van der Waals surface area contributed by atoms with E-state index in [1.165, 1.54) is 19.3 Å². The number of carbonyl (C=O) groups excluding carboxylic acids is 2. The maximum Gasteiger partial charge on any atom is 0.322 e. The van der Waals surface area contributed by atoms with Gasteiger partial charge in [0.2, 0.25) is 0 Å². The lowest BCUT2D eigenvalue weighted by molar-refractivity contribution is -0.142. The van der Waals surface area contributed by atoms with Crippen molar-refractivity contribution in [3.8, 4) is 0 Å². The van der Waals surface area contributed by atoms with Gasteiger partial charge in [0.1, 0.15) is 0 Å². The maximum absolute atomic E-state index is 13.5. The molecule has 1 aliphatic carbocycles. The van der Waals surface area contributed by atoms with Gasteiger partial charge in [-0.3, -0.25) is 4.79 Å². The van der Waals surface area contributed by atoms with Crippen molar-refractivity contribution in [2.45, 2.75) is 74.2 Å². The zero-order chi connectivity index (χ0) is 26.0. The molecule has 0 aliphatic heterocycles. The Morgan fingerprint density at radius 1 is 0.946 bits per heavy atom. The van der Waals surface area contributed by atoms with E-state index >= 15 is 0 Å². The molecule has 4 rings (SSSR count). The monoisotopic (exact) mass is 516 g/mol. The summed E-state index contributed by atoms with van der Waals surface area (Å²) in [5.74, 6) is -0.214. The summed E-state index contributed by atoms with van der Waals surface area (Å²) in [6, 6.07) is 26.4. The predicted octanol–water partition coefficient (Wildman–Crippen LogP) is 7.87. The topological polar surface area (TPSA) is 58.6 Å². The molecule has 1 aliphatic rings. The van der Waals surface area contributed by atoms with Gasteiger partial charge in [0, 0.05) is 21.5 Å². The van der Waals surface area contributed by atoms with E-state index in [0.29, 0.717) is 6.61 Å². The first-order chi connectivity index (χ1) is 18.0. The lowest BCUT2D eigenvalue weighted by Gasteiger charge is -2.38. The molecule has 5 nitrogen and oxygen atoms in total. The molecule has 37 heavy (non-hydrogen) atoms. The molecule has 0 saturated heterocycles. The van der Waals surface area contributed by atoms with Gasteiger partial charge in [0.05, 0.1) is 19.1 Å². The van der Waals surface area contributed by atoms with Crippen molar-refractivity contribution >= 4 is 29.4 Å². The molecule has 0 heterocycles. The number of rotatable bonds is 9. The molecule has 194 valence electrons. The summed E-state index contributed by atoms with van der Waals surface area (Å²) in [6.07, 6.45) is 5.96. The second-order valence-electron chi connectivity index (χ2n) is 9.47. The molecule has 0 spiro atoms. The summed E-state index contributed by atoms with van der Waals surface area (Å²) in [7, 11) is 0. The highest BCUT2D eigenvalue weighted by Crippen LogP contribution is 2.32. The predicted molar refractivity (Wildman–Crippen MR) is 150 cm³/mol. The molecule has 0 radical (unpaired) electrons. The second-order valence-corrected chi connectivity index (χ2v) is 10.6. The number of hydrogen-bond acceptors (Lipinski definition) is 4. The van der Waals surface area contributed by atoms with Crippen LogP contribution in [0.5, 0.6) is 0 Å². The van der Waals surface area contributed by atoms with E-state index in [9.17, 15) is 9.59 Å². The summed E-state index contributed by atoms with van der Waals surface area (Å²) in [5, 5.41) is 3.15. The number of carbonyl (C=O) groups is 2. The second kappa shape index (κ2) is 13.3. The molecule has 0 aromatic heterocycles. The Bertz CT molecular complexity index is 1160. The van der Waals surface area contributed by atoms with Crippen molar-refractivity contribution < 1.29 is 14.3 Å². The van der Waals surface area contributed by atoms with Gasteiger partial charge in [-0.25, -0.2) is 4.79 Å². The van der Waals surface area contributed by atoms with Gasteiger partial charge in [0.15, 0.2) is 0 Å². The SMILES string of the molecule is CCOC(=O)Cc1cccc(Sc2ccc(NC(=O)N(C3CCCCC3)C(C)c3ccccc3)cc2)c1. The highest BCUT2D eigenvalue weighted by Gasteiger charge is 2.30. The van der Waals surface area contributed by atoms with E-state index in [-0.39, 0.29) is 30.5 Å². The summed E-state index contributed by atoms with van der Waals surface area (Å²) in [5.41, 5.74) is 2.87. The van der Waals surface area contributed by atoms with Gasteiger partial charge in [-0.2, -0.15) is 0 Å². The smallest absolute Gasteiger partial charge is 0.322 e. The van der Waals surface area contributed by atoms with Crippen molar-refractivity contribution in [3.05, 3.63) is 90.0 Å². The lowest BCUT2D eigenvalue weighted by Crippen LogP contribution is -2.45. The number of ether oxygens (including phenoxy) is 1. The Morgan fingerprint density at radius 3 is 2.38 bits per heavy atom. The zero-order valence-electron chi connectivity index (χ0n) is 21.7. The molecule has 1 atom stereocenters. The third-order valence-electron chi connectivity index (χ3n) is 6.80. The van der Waals surface area contributed by atoms with Crippen LogP contribution in [-0.4, -0.2) is 29.5 Å². The van der Waals surface area contributed by atoms with Gasteiger partial charge in [-0.15, -0.1) is 0 Å². The molecule has 1 saturated carbocycles. The highest BCUT2D eigenvalue weighted by atomic mass is 32.2. The van der Waals surface area contributed by atoms with Gasteiger partial charge >= 0.3 is 12.0 Å². The van der Waals surface area contributed by atoms with Crippen LogP contribution in [0.3, 0.4) is 0 Å². The normalized spacial score (nSPS) is 14.5. The van der Waals surface area contributed by atoms with E-state index in [4.69, 9.17) is 4.74 Å². The Kier molecular flexibility index (Phi) is 9.66. The largest absolute Gasteiger partial charge is 0.466 e. The summed E-state index contributed by atoms with van der Waals surface area (Å²) in [4.78, 5) is 29.5. The van der Waals surface area contributed by atoms with E-state index < -0.39 is 0 Å². The lowest BCUT2D eigenvalue weighted by atomic mass is 9.92. The summed E-state index contributed by atoms with van der Waals surface area (Å²) in [6.45, 7) is 4.33. The van der Waals surface area contributed by atoms with E-state index in [1.54, 1.807) is 11.8 Å². The average Bonchev–Trinajstić information content (AvgIpc) is 2.91. The van der Waals surface area contributed by atoms with Crippen molar-refractivity contribution in [1.82, 2.24) is 4.90 Å². The Hall–Kier alpha value is -3.25. The minimum atomic E-state index is -0.214. The number of amides is 2. The Morgan fingerprint density at radius 2 is 1.68 bits per heavy atom. The van der Waals surface area contributed by atoms with Crippen molar-refractivity contribution in [2.24, 2.45) is 0 Å².